The largest absolute Gasteiger partial charge is 0.462 e. The number of rotatable bonds is 8. The van der Waals surface area contributed by atoms with Crippen LogP contribution in [0.25, 0.3) is 22.3 Å². The molecule has 218 valence electrons. The summed E-state index contributed by atoms with van der Waals surface area (Å²) in [7, 11) is -4.54. The smallest absolute Gasteiger partial charge is 0.342 e. The number of aryl methyl sites for hydroxylation is 2. The molecule has 0 N–H and O–H groups in total. The molecule has 0 fully saturated rings. The van der Waals surface area contributed by atoms with Crippen LogP contribution in [-0.4, -0.2) is 31.8 Å². The van der Waals surface area contributed by atoms with Crippen LogP contribution in [-0.2, 0) is 14.8 Å². The van der Waals surface area contributed by atoms with Gasteiger partial charge in [0.25, 0.3) is 21.6 Å². The van der Waals surface area contributed by atoms with Gasteiger partial charge in [-0.1, -0.05) is 42.5 Å². The number of hydrogen-bond donors (Lipinski definition) is 0. The topological polar surface area (TPSA) is 137 Å². The number of anilines is 1. The van der Waals surface area contributed by atoms with Crippen molar-refractivity contribution < 1.29 is 32.1 Å². The third-order valence-electron chi connectivity index (χ3n) is 6.79. The highest BCUT2D eigenvalue weighted by molar-refractivity contribution is 7.93. The summed E-state index contributed by atoms with van der Waals surface area (Å²) in [4.78, 5) is 37.7. The zero-order chi connectivity index (χ0) is 30.9. The van der Waals surface area contributed by atoms with Crippen molar-refractivity contribution in [3.05, 3.63) is 123 Å². The predicted molar refractivity (Wildman–Crippen MR) is 161 cm³/mol. The van der Waals surface area contributed by atoms with Crippen LogP contribution in [0.3, 0.4) is 0 Å². The number of hydrogen-bond acceptors (Lipinski definition) is 8. The first-order valence-corrected chi connectivity index (χ1v) is 14.7. The van der Waals surface area contributed by atoms with E-state index in [0.29, 0.717) is 21.0 Å². The third-order valence-corrected chi connectivity index (χ3v) is 8.65. The predicted octanol–water partition coefficient (Wildman–Crippen LogP) is 6.84. The average molecular weight is 599 g/mol. The molecule has 5 rings (SSSR count). The van der Waals surface area contributed by atoms with Gasteiger partial charge in [-0.15, -0.1) is 0 Å². The second kappa shape index (κ2) is 11.5. The van der Waals surface area contributed by atoms with E-state index in [4.69, 9.17) is 9.15 Å². The van der Waals surface area contributed by atoms with E-state index in [1.807, 2.05) is 6.07 Å². The minimum atomic E-state index is -4.54. The Kier molecular flexibility index (Phi) is 7.83. The lowest BCUT2D eigenvalue weighted by Crippen LogP contribution is -2.37. The number of benzene rings is 4. The van der Waals surface area contributed by atoms with Gasteiger partial charge >= 0.3 is 5.97 Å². The van der Waals surface area contributed by atoms with Gasteiger partial charge in [-0.25, -0.2) is 13.2 Å². The molecule has 10 nitrogen and oxygen atoms in total. The van der Waals surface area contributed by atoms with Crippen molar-refractivity contribution in [2.75, 3.05) is 10.9 Å². The standard InChI is InChI=1S/C32H26N2O8S/c1-4-41-32(36)29-26-19-25(16-17-27(26)42-30(29)22-8-6-5-7-9-22)33(31(35)23-12-14-24(15-13-23)34(37)38)43(39,40)28-18-20(2)10-11-21(28)3/h5-19H,4H2,1-3H3. The molecule has 11 heteroatoms. The molecule has 0 aliphatic rings. The first-order valence-electron chi connectivity index (χ1n) is 13.2. The van der Waals surface area contributed by atoms with Gasteiger partial charge in [0.1, 0.15) is 16.9 Å². The number of fused-ring (bicyclic) bond motifs is 1. The second-order valence-corrected chi connectivity index (χ2v) is 11.5. The molecule has 5 aromatic rings. The molecule has 1 aromatic heterocycles. The summed E-state index contributed by atoms with van der Waals surface area (Å²) >= 11 is 0. The van der Waals surface area contributed by atoms with Crippen molar-refractivity contribution in [2.45, 2.75) is 25.7 Å². The monoisotopic (exact) mass is 598 g/mol. The van der Waals surface area contributed by atoms with Crippen molar-refractivity contribution >= 4 is 44.2 Å². The van der Waals surface area contributed by atoms with E-state index in [0.717, 1.165) is 12.1 Å². The number of carbonyl (C=O) groups excluding carboxylic acids is 2. The van der Waals surface area contributed by atoms with E-state index in [1.165, 1.54) is 36.4 Å². The Morgan fingerprint density at radius 1 is 0.930 bits per heavy atom. The lowest BCUT2D eigenvalue weighted by Gasteiger charge is -2.24. The van der Waals surface area contributed by atoms with Crippen LogP contribution in [0.15, 0.2) is 100 Å². The number of non-ortho nitro benzene ring substituents is 1. The van der Waals surface area contributed by atoms with Gasteiger partial charge in [0.15, 0.2) is 0 Å². The molecule has 0 aliphatic carbocycles. The van der Waals surface area contributed by atoms with Crippen LogP contribution in [0.2, 0.25) is 0 Å². The fraction of sp³-hybridized carbons (Fsp3) is 0.125. The van der Waals surface area contributed by atoms with Crippen LogP contribution in [0.4, 0.5) is 11.4 Å². The maximum Gasteiger partial charge on any atom is 0.342 e. The normalized spacial score (nSPS) is 11.3. The maximum atomic E-state index is 14.3. The summed E-state index contributed by atoms with van der Waals surface area (Å²) < 4.78 is 40.5. The van der Waals surface area contributed by atoms with Crippen LogP contribution in [0.1, 0.15) is 38.8 Å². The molecule has 1 amide bonds. The Hall–Kier alpha value is -5.29. The van der Waals surface area contributed by atoms with Crippen molar-refractivity contribution in [1.82, 2.24) is 0 Å². The van der Waals surface area contributed by atoms with Gasteiger partial charge in [-0.05, 0) is 68.3 Å². The first-order chi connectivity index (χ1) is 20.5. The number of nitrogens with zero attached hydrogens (tertiary/aromatic N) is 2. The van der Waals surface area contributed by atoms with E-state index in [-0.39, 0.29) is 50.7 Å². The first kappa shape index (κ1) is 29.2. The number of nitro benzene ring substituents is 1. The van der Waals surface area contributed by atoms with E-state index in [9.17, 15) is 28.1 Å². The van der Waals surface area contributed by atoms with Gasteiger partial charge < -0.3 is 9.15 Å². The molecule has 0 spiro atoms. The van der Waals surface area contributed by atoms with Crippen molar-refractivity contribution in [3.8, 4) is 11.3 Å². The molecular formula is C32H26N2O8S. The highest BCUT2D eigenvalue weighted by Gasteiger charge is 2.34. The summed E-state index contributed by atoms with van der Waals surface area (Å²) in [5, 5.41) is 11.4. The number of furan rings is 1. The van der Waals surface area contributed by atoms with E-state index >= 15 is 0 Å². The number of sulfonamides is 1. The SMILES string of the molecule is CCOC(=O)c1c(-c2ccccc2)oc2ccc(N(C(=O)c3ccc([N+](=O)[O-])cc3)S(=O)(=O)c3cc(C)ccc3C)cc12. The van der Waals surface area contributed by atoms with E-state index < -0.39 is 26.8 Å². The quantitative estimate of drug-likeness (QED) is 0.108. The van der Waals surface area contributed by atoms with Crippen LogP contribution >= 0.6 is 0 Å². The van der Waals surface area contributed by atoms with Crippen molar-refractivity contribution in [2.24, 2.45) is 0 Å². The number of esters is 1. The molecule has 0 unspecified atom stereocenters. The Balaban J connectivity index is 1.76. The summed E-state index contributed by atoms with van der Waals surface area (Å²) in [6.45, 7) is 5.10. The molecule has 4 aromatic carbocycles. The molecule has 1 heterocycles. The Morgan fingerprint density at radius 3 is 2.28 bits per heavy atom. The molecule has 0 atom stereocenters. The highest BCUT2D eigenvalue weighted by Crippen LogP contribution is 2.38. The van der Waals surface area contributed by atoms with Crippen LogP contribution in [0, 0.1) is 24.0 Å². The van der Waals surface area contributed by atoms with E-state index in [1.54, 1.807) is 57.2 Å². The Bertz CT molecular complexity index is 1980. The number of carbonyl (C=O) groups is 2. The fourth-order valence-electron chi connectivity index (χ4n) is 4.70. The zero-order valence-corrected chi connectivity index (χ0v) is 24.3. The molecule has 43 heavy (non-hydrogen) atoms. The maximum absolute atomic E-state index is 14.3. The Labute approximate surface area is 247 Å². The molecular weight excluding hydrogens is 572 g/mol. The third kappa shape index (κ3) is 5.50. The summed E-state index contributed by atoms with van der Waals surface area (Å²) in [5.74, 6) is -1.39. The van der Waals surface area contributed by atoms with Gasteiger partial charge in [-0.3, -0.25) is 14.9 Å². The number of nitro groups is 1. The summed E-state index contributed by atoms with van der Waals surface area (Å²) in [6, 6.07) is 22.7. The van der Waals surface area contributed by atoms with Gasteiger partial charge in [0, 0.05) is 28.6 Å². The fourth-order valence-corrected chi connectivity index (χ4v) is 6.42. The lowest BCUT2D eigenvalue weighted by molar-refractivity contribution is -0.384. The highest BCUT2D eigenvalue weighted by atomic mass is 32.2. The molecule has 0 saturated heterocycles. The minimum absolute atomic E-state index is 0.0669. The van der Waals surface area contributed by atoms with Gasteiger partial charge in [-0.2, -0.15) is 4.31 Å². The summed E-state index contributed by atoms with van der Waals surface area (Å²) in [6.07, 6.45) is 0. The van der Waals surface area contributed by atoms with Crippen LogP contribution < -0.4 is 4.31 Å². The molecule has 0 radical (unpaired) electrons. The number of ether oxygens (including phenoxy) is 1. The van der Waals surface area contributed by atoms with Crippen molar-refractivity contribution in [1.29, 1.82) is 0 Å². The summed E-state index contributed by atoms with van der Waals surface area (Å²) in [5.41, 5.74) is 1.61. The minimum Gasteiger partial charge on any atom is -0.462 e. The van der Waals surface area contributed by atoms with Gasteiger partial charge in [0.05, 0.1) is 22.1 Å². The molecule has 0 saturated carbocycles. The van der Waals surface area contributed by atoms with Crippen molar-refractivity contribution in [3.63, 3.8) is 0 Å². The number of amides is 1. The Morgan fingerprint density at radius 2 is 1.63 bits per heavy atom. The molecule has 0 bridgehead atoms. The van der Waals surface area contributed by atoms with Gasteiger partial charge in [0.2, 0.25) is 0 Å². The zero-order valence-electron chi connectivity index (χ0n) is 23.4. The van der Waals surface area contributed by atoms with Crippen LogP contribution in [0.5, 0.6) is 0 Å². The average Bonchev–Trinajstić information content (AvgIpc) is 3.38. The molecule has 0 aliphatic heterocycles. The second-order valence-electron chi connectivity index (χ2n) is 9.72. The van der Waals surface area contributed by atoms with E-state index in [2.05, 4.69) is 0 Å². The lowest BCUT2D eigenvalue weighted by atomic mass is 10.1.